The zero-order valence-corrected chi connectivity index (χ0v) is 7.95. The van der Waals surface area contributed by atoms with Crippen LogP contribution in [0.3, 0.4) is 0 Å². The number of ether oxygens (including phenoxy) is 1. The Morgan fingerprint density at radius 3 is 2.77 bits per heavy atom. The van der Waals surface area contributed by atoms with Crippen molar-refractivity contribution >= 4 is 10.9 Å². The Balaban J connectivity index is 2.60. The number of aromatic nitrogens is 1. The van der Waals surface area contributed by atoms with Gasteiger partial charge in [-0.05, 0) is 17.5 Å². The predicted octanol–water partition coefficient (Wildman–Crippen LogP) is 2.32. The Morgan fingerprint density at radius 1 is 1.31 bits per heavy atom. The summed E-state index contributed by atoms with van der Waals surface area (Å²) in [5, 5.41) is 1.28. The van der Waals surface area contributed by atoms with E-state index in [0.717, 1.165) is 0 Å². The molecule has 0 saturated heterocycles. The molecule has 0 radical (unpaired) electrons. The van der Waals surface area contributed by atoms with Crippen molar-refractivity contribution in [1.82, 2.24) is 4.57 Å². The number of para-hydroxylation sites is 1. The molecule has 0 aliphatic rings. The Bertz CT molecular complexity index is 417. The molecule has 0 saturated carbocycles. The maximum Gasteiger partial charge on any atom is 0.0864 e. The Labute approximate surface area is 77.7 Å². The molecule has 0 unspecified atom stereocenters. The van der Waals surface area contributed by atoms with Gasteiger partial charge in [0.2, 0.25) is 0 Å². The fourth-order valence-electron chi connectivity index (χ4n) is 1.63. The van der Waals surface area contributed by atoms with Crippen LogP contribution in [0.5, 0.6) is 0 Å². The second kappa shape index (κ2) is 3.23. The largest absolute Gasteiger partial charge is 0.378 e. The summed E-state index contributed by atoms with van der Waals surface area (Å²) in [7, 11) is 3.79. The number of nitrogens with zero attached hydrogens (tertiary/aromatic N) is 1. The molecule has 1 heterocycles. The van der Waals surface area contributed by atoms with E-state index in [2.05, 4.69) is 41.9 Å². The molecule has 2 rings (SSSR count). The number of aryl methyl sites for hydroxylation is 1. The molecule has 2 aromatic rings. The van der Waals surface area contributed by atoms with Crippen molar-refractivity contribution in [2.75, 3.05) is 7.11 Å². The topological polar surface area (TPSA) is 14.2 Å². The molecular formula is C11H13NO. The summed E-state index contributed by atoms with van der Waals surface area (Å²) in [5.74, 6) is 0. The fraction of sp³-hybridized carbons (Fsp3) is 0.273. The number of benzene rings is 1. The third-order valence-corrected chi connectivity index (χ3v) is 2.34. The monoisotopic (exact) mass is 175 g/mol. The van der Waals surface area contributed by atoms with Crippen LogP contribution >= 0.6 is 0 Å². The zero-order valence-electron chi connectivity index (χ0n) is 7.95. The molecule has 0 N–H and O–H groups in total. The van der Waals surface area contributed by atoms with E-state index >= 15 is 0 Å². The number of rotatable bonds is 2. The molecule has 0 aliphatic heterocycles. The molecule has 0 bridgehead atoms. The van der Waals surface area contributed by atoms with Gasteiger partial charge in [0.25, 0.3) is 0 Å². The number of methoxy groups -OCH3 is 1. The van der Waals surface area contributed by atoms with Crippen LogP contribution in [0, 0.1) is 0 Å². The van der Waals surface area contributed by atoms with Gasteiger partial charge < -0.3 is 9.30 Å². The normalized spacial score (nSPS) is 10.9. The summed E-state index contributed by atoms with van der Waals surface area (Å²) in [6, 6.07) is 10.5. The number of fused-ring (bicyclic) bond motifs is 1. The Hall–Kier alpha value is -1.28. The molecule has 2 nitrogen and oxygen atoms in total. The number of hydrogen-bond donors (Lipinski definition) is 0. The van der Waals surface area contributed by atoms with Crippen molar-refractivity contribution in [3.8, 4) is 0 Å². The van der Waals surface area contributed by atoms with Crippen LogP contribution in [-0.2, 0) is 18.4 Å². The van der Waals surface area contributed by atoms with Crippen molar-refractivity contribution in [2.24, 2.45) is 7.05 Å². The first-order valence-corrected chi connectivity index (χ1v) is 4.35. The SMILES string of the molecule is COCc1cc2ccccc2n1C. The van der Waals surface area contributed by atoms with Gasteiger partial charge >= 0.3 is 0 Å². The van der Waals surface area contributed by atoms with E-state index in [1.54, 1.807) is 7.11 Å². The molecule has 13 heavy (non-hydrogen) atoms. The van der Waals surface area contributed by atoms with Gasteiger partial charge in [0.15, 0.2) is 0 Å². The molecule has 2 heteroatoms. The second-order valence-electron chi connectivity index (χ2n) is 3.19. The average molecular weight is 175 g/mol. The highest BCUT2D eigenvalue weighted by Gasteiger charge is 2.03. The van der Waals surface area contributed by atoms with Crippen LogP contribution in [0.15, 0.2) is 30.3 Å². The van der Waals surface area contributed by atoms with Gasteiger partial charge in [0.1, 0.15) is 0 Å². The van der Waals surface area contributed by atoms with E-state index < -0.39 is 0 Å². The van der Waals surface area contributed by atoms with Gasteiger partial charge in [-0.3, -0.25) is 0 Å². The summed E-state index contributed by atoms with van der Waals surface area (Å²) in [6.07, 6.45) is 0. The van der Waals surface area contributed by atoms with Crippen LogP contribution in [-0.4, -0.2) is 11.7 Å². The highest BCUT2D eigenvalue weighted by Crippen LogP contribution is 2.18. The van der Waals surface area contributed by atoms with Crippen LogP contribution < -0.4 is 0 Å². The first kappa shape index (κ1) is 8.32. The summed E-state index contributed by atoms with van der Waals surface area (Å²) in [5.41, 5.74) is 2.47. The van der Waals surface area contributed by atoms with Gasteiger partial charge in [-0.15, -0.1) is 0 Å². The average Bonchev–Trinajstić information content (AvgIpc) is 2.46. The smallest absolute Gasteiger partial charge is 0.0864 e. The van der Waals surface area contributed by atoms with E-state index in [0.29, 0.717) is 6.61 Å². The summed E-state index contributed by atoms with van der Waals surface area (Å²) >= 11 is 0. The molecule has 0 amide bonds. The lowest BCUT2D eigenvalue weighted by Crippen LogP contribution is -1.96. The highest BCUT2D eigenvalue weighted by molar-refractivity contribution is 5.81. The molecule has 68 valence electrons. The van der Waals surface area contributed by atoms with Crippen molar-refractivity contribution < 1.29 is 4.74 Å². The molecule has 0 aliphatic carbocycles. The first-order valence-electron chi connectivity index (χ1n) is 4.35. The lowest BCUT2D eigenvalue weighted by atomic mass is 10.2. The quantitative estimate of drug-likeness (QED) is 0.683. The Kier molecular flexibility index (Phi) is 2.07. The third kappa shape index (κ3) is 1.33. The molecule has 0 spiro atoms. The first-order chi connectivity index (χ1) is 6.33. The van der Waals surface area contributed by atoms with E-state index in [1.807, 2.05) is 0 Å². The van der Waals surface area contributed by atoms with Crippen molar-refractivity contribution in [3.63, 3.8) is 0 Å². The molecule has 1 aromatic heterocycles. The van der Waals surface area contributed by atoms with Crippen molar-refractivity contribution in [2.45, 2.75) is 6.61 Å². The van der Waals surface area contributed by atoms with Gasteiger partial charge in [-0.25, -0.2) is 0 Å². The maximum absolute atomic E-state index is 5.12. The third-order valence-electron chi connectivity index (χ3n) is 2.34. The lowest BCUT2D eigenvalue weighted by molar-refractivity contribution is 0.179. The predicted molar refractivity (Wildman–Crippen MR) is 53.6 cm³/mol. The minimum atomic E-state index is 0.672. The Morgan fingerprint density at radius 2 is 2.08 bits per heavy atom. The summed E-state index contributed by atoms with van der Waals surface area (Å²) < 4.78 is 7.28. The lowest BCUT2D eigenvalue weighted by Gasteiger charge is -2.01. The summed E-state index contributed by atoms with van der Waals surface area (Å²) in [6.45, 7) is 0.672. The van der Waals surface area contributed by atoms with Crippen LogP contribution in [0.4, 0.5) is 0 Å². The van der Waals surface area contributed by atoms with Crippen LogP contribution in [0.25, 0.3) is 10.9 Å². The van der Waals surface area contributed by atoms with Crippen LogP contribution in [0.1, 0.15) is 5.69 Å². The zero-order chi connectivity index (χ0) is 9.26. The van der Waals surface area contributed by atoms with Crippen LogP contribution in [0.2, 0.25) is 0 Å². The molecule has 0 atom stereocenters. The number of hydrogen-bond acceptors (Lipinski definition) is 1. The molecular weight excluding hydrogens is 162 g/mol. The van der Waals surface area contributed by atoms with Crippen molar-refractivity contribution in [3.05, 3.63) is 36.0 Å². The highest BCUT2D eigenvalue weighted by atomic mass is 16.5. The van der Waals surface area contributed by atoms with Gasteiger partial charge in [0.05, 0.1) is 6.61 Å². The van der Waals surface area contributed by atoms with E-state index in [4.69, 9.17) is 4.74 Å². The van der Waals surface area contributed by atoms with E-state index in [-0.39, 0.29) is 0 Å². The minimum absolute atomic E-state index is 0.672. The van der Waals surface area contributed by atoms with Gasteiger partial charge in [0, 0.05) is 25.4 Å². The van der Waals surface area contributed by atoms with E-state index in [1.165, 1.54) is 16.6 Å². The molecule has 1 aromatic carbocycles. The van der Waals surface area contributed by atoms with Gasteiger partial charge in [-0.1, -0.05) is 18.2 Å². The fourth-order valence-corrected chi connectivity index (χ4v) is 1.63. The van der Waals surface area contributed by atoms with Gasteiger partial charge in [-0.2, -0.15) is 0 Å². The standard InChI is InChI=1S/C11H13NO/c1-12-10(8-13-2)7-9-5-3-4-6-11(9)12/h3-7H,8H2,1-2H3. The van der Waals surface area contributed by atoms with Crippen molar-refractivity contribution in [1.29, 1.82) is 0 Å². The summed E-state index contributed by atoms with van der Waals surface area (Å²) in [4.78, 5) is 0. The minimum Gasteiger partial charge on any atom is -0.378 e. The maximum atomic E-state index is 5.12. The van der Waals surface area contributed by atoms with E-state index in [9.17, 15) is 0 Å². The second-order valence-corrected chi connectivity index (χ2v) is 3.19. The molecule has 0 fully saturated rings.